The van der Waals surface area contributed by atoms with Crippen LogP contribution >= 0.6 is 11.6 Å². The van der Waals surface area contributed by atoms with Crippen molar-refractivity contribution in [2.24, 2.45) is 0 Å². The quantitative estimate of drug-likeness (QED) is 0.125. The lowest BCUT2D eigenvalue weighted by molar-refractivity contribution is -0.171. The van der Waals surface area contributed by atoms with Gasteiger partial charge in [-0.05, 0) is 29.1 Å². The molecule has 2 aromatic heterocycles. The number of alkyl halides is 1. The number of hydrogen-bond donors (Lipinski definition) is 4. The van der Waals surface area contributed by atoms with E-state index in [9.17, 15) is 19.5 Å². The molecule has 1 aromatic carbocycles. The number of fused-ring (bicyclic) bond motifs is 1. The van der Waals surface area contributed by atoms with Crippen molar-refractivity contribution in [1.29, 1.82) is 0 Å². The average molecular weight is 570 g/mol. The average Bonchev–Trinajstić information content (AvgIpc) is 3.35. The maximum Gasteiger partial charge on any atom is 0.343 e. The third-order valence-electron chi connectivity index (χ3n) is 5.71. The first-order chi connectivity index (χ1) is 18.6. The molecule has 15 heteroatoms. The van der Waals surface area contributed by atoms with Gasteiger partial charge in [0, 0.05) is 33.5 Å². The third kappa shape index (κ3) is 8.13. The number of methoxy groups -OCH3 is 1. The number of imidazole rings is 1. The Bertz CT molecular complexity index is 1280. The van der Waals surface area contributed by atoms with Gasteiger partial charge in [-0.25, -0.2) is 14.2 Å². The van der Waals surface area contributed by atoms with Crippen molar-refractivity contribution in [2.45, 2.75) is 43.7 Å². The van der Waals surface area contributed by atoms with Crippen LogP contribution in [-0.4, -0.2) is 85.6 Å². The second kappa shape index (κ2) is 14.4. The van der Waals surface area contributed by atoms with Gasteiger partial charge in [0.25, 0.3) is 0 Å². The van der Waals surface area contributed by atoms with Gasteiger partial charge in [0.2, 0.25) is 10.9 Å². The number of carbonyl (C=O) groups excluding carboxylic acids is 1. The summed E-state index contributed by atoms with van der Waals surface area (Å²) < 4.78 is 27.1. The molecule has 0 saturated heterocycles. The lowest BCUT2D eigenvalue weighted by Gasteiger charge is -2.27. The summed E-state index contributed by atoms with van der Waals surface area (Å²) in [5.74, 6) is -2.47. The van der Waals surface area contributed by atoms with E-state index in [1.807, 2.05) is 0 Å². The van der Waals surface area contributed by atoms with E-state index in [0.717, 1.165) is 17.2 Å². The maximum atomic E-state index is 15.2. The highest BCUT2D eigenvalue weighted by atomic mass is 35.5. The molecule has 3 unspecified atom stereocenters. The number of nitrogens with two attached hydrogens (primary N) is 1. The first-order valence-corrected chi connectivity index (χ1v) is 11.9. The highest BCUT2D eigenvalue weighted by Gasteiger charge is 2.41. The van der Waals surface area contributed by atoms with E-state index < -0.39 is 36.5 Å². The van der Waals surface area contributed by atoms with Crippen molar-refractivity contribution in [3.8, 4) is 0 Å². The van der Waals surface area contributed by atoms with Crippen LogP contribution in [0.2, 0.25) is 5.28 Å². The number of anilines is 1. The second-order valence-corrected chi connectivity index (χ2v) is 8.58. The predicted molar refractivity (Wildman–Crippen MR) is 137 cm³/mol. The van der Waals surface area contributed by atoms with Crippen LogP contribution < -0.4 is 5.73 Å². The van der Waals surface area contributed by atoms with E-state index in [1.54, 1.807) is 24.3 Å². The number of rotatable bonds is 14. The van der Waals surface area contributed by atoms with Gasteiger partial charge >= 0.3 is 11.9 Å². The smallest absolute Gasteiger partial charge is 0.343 e. The molecule has 0 radical (unpaired) electrons. The van der Waals surface area contributed by atoms with Gasteiger partial charge in [-0.15, -0.1) is 0 Å². The molecule has 5 N–H and O–H groups in total. The van der Waals surface area contributed by atoms with Crippen LogP contribution in [0.3, 0.4) is 0 Å². The van der Waals surface area contributed by atoms with E-state index in [2.05, 4.69) is 15.0 Å². The summed E-state index contributed by atoms with van der Waals surface area (Å²) in [4.78, 5) is 46.4. The number of benzene rings is 1. The summed E-state index contributed by atoms with van der Waals surface area (Å²) in [5, 5.41) is 25.4. The van der Waals surface area contributed by atoms with Gasteiger partial charge in [0.15, 0.2) is 24.0 Å². The third-order valence-corrected chi connectivity index (χ3v) is 5.88. The molecule has 3 aromatic rings. The summed E-state index contributed by atoms with van der Waals surface area (Å²) >= 11 is 5.82. The van der Waals surface area contributed by atoms with Crippen LogP contribution in [0, 0.1) is 0 Å². The Morgan fingerprint density at radius 3 is 2.41 bits per heavy atom. The largest absolute Gasteiger partial charge is 0.481 e. The number of carboxylic acids is 2. The molecular formula is C24H29ClFN5O8. The normalized spacial score (nSPS) is 14.1. The molecule has 0 aliphatic rings. The minimum absolute atomic E-state index is 0.0142. The van der Waals surface area contributed by atoms with E-state index >= 15 is 4.39 Å². The predicted octanol–water partition coefficient (Wildman–Crippen LogP) is 1.84. The molecule has 212 valence electrons. The molecule has 39 heavy (non-hydrogen) atoms. The summed E-state index contributed by atoms with van der Waals surface area (Å²) in [7, 11) is 2.29. The lowest BCUT2D eigenvalue weighted by Crippen LogP contribution is -2.47. The molecule has 0 amide bonds. The van der Waals surface area contributed by atoms with Gasteiger partial charge in [0.1, 0.15) is 5.52 Å². The minimum atomic E-state index is -2.25. The summed E-state index contributed by atoms with van der Waals surface area (Å²) in [6.45, 7) is -0.414. The topological polar surface area (TPSA) is 200 Å². The summed E-state index contributed by atoms with van der Waals surface area (Å²) in [6, 6.07) is 6.49. The minimum Gasteiger partial charge on any atom is -0.481 e. The molecule has 0 aliphatic heterocycles. The van der Waals surface area contributed by atoms with Crippen LogP contribution in [0.5, 0.6) is 0 Å². The zero-order valence-electron chi connectivity index (χ0n) is 21.2. The van der Waals surface area contributed by atoms with Gasteiger partial charge in [-0.1, -0.05) is 24.3 Å². The molecule has 0 fully saturated rings. The lowest BCUT2D eigenvalue weighted by atomic mass is 9.94. The Hall–Kier alpha value is -3.72. The van der Waals surface area contributed by atoms with Crippen LogP contribution in [0.1, 0.15) is 30.3 Å². The van der Waals surface area contributed by atoms with Crippen LogP contribution in [0.15, 0.2) is 30.6 Å². The number of halogens is 2. The number of nitrogens with zero attached hydrogens (tertiary/aromatic N) is 4. The molecule has 2 heterocycles. The van der Waals surface area contributed by atoms with E-state index in [1.165, 1.54) is 13.4 Å². The fourth-order valence-electron chi connectivity index (χ4n) is 3.61. The summed E-state index contributed by atoms with van der Waals surface area (Å²) in [6.07, 6.45) is -1.66. The number of ether oxygens (including phenoxy) is 2. The number of aldehydes is 1. The Kier molecular flexibility index (Phi) is 11.7. The van der Waals surface area contributed by atoms with E-state index in [4.69, 9.17) is 37.0 Å². The number of aromatic nitrogens is 4. The van der Waals surface area contributed by atoms with Crippen molar-refractivity contribution < 1.29 is 43.6 Å². The van der Waals surface area contributed by atoms with Crippen LogP contribution in [0.25, 0.3) is 11.2 Å². The number of aliphatic hydroxyl groups is 1. The van der Waals surface area contributed by atoms with Gasteiger partial charge in [0.05, 0.1) is 19.0 Å². The molecule has 3 atom stereocenters. The number of nitrogen functional groups attached to an aromatic ring is 1. The fourth-order valence-corrected chi connectivity index (χ4v) is 3.78. The van der Waals surface area contributed by atoms with Crippen LogP contribution in [-0.2, 0) is 36.7 Å². The molecular weight excluding hydrogens is 541 g/mol. The van der Waals surface area contributed by atoms with E-state index in [-0.39, 0.29) is 47.8 Å². The maximum absolute atomic E-state index is 15.2. The number of carbonyl (C=O) groups is 3. The Morgan fingerprint density at radius 2 is 1.85 bits per heavy atom. The molecule has 13 nitrogen and oxygen atoms in total. The Labute approximate surface area is 227 Å². The fraction of sp³-hybridized carbons (Fsp3) is 0.417. The number of aliphatic hydroxyl groups excluding tert-OH is 1. The highest BCUT2D eigenvalue weighted by molar-refractivity contribution is 6.28. The van der Waals surface area contributed by atoms with Crippen LogP contribution in [0.4, 0.5) is 10.2 Å². The molecule has 0 spiro atoms. The van der Waals surface area contributed by atoms with Gasteiger partial charge in [-0.2, -0.15) is 9.97 Å². The molecule has 0 bridgehead atoms. The standard InChI is InChI=1S/C23H25ClFN5O7.CH4O/c1-36-15(8-16(25)30-12-27-18-19(26)28-22(24)29-20(18)30)10-37-23(11-31,21(34)35)9-14-4-2-13(3-5-14)6-7-17(32)33;1-2/h2-5,11-12,15-16H,6-10H2,1H3,(H,32,33)(H,34,35)(H2,26,28,29);2H,1H3. The number of aryl methyl sites for hydroxylation is 1. The molecule has 0 aliphatic carbocycles. The Morgan fingerprint density at radius 1 is 1.21 bits per heavy atom. The number of aliphatic carboxylic acids is 2. The number of carboxylic acid groups (broad SMARTS) is 2. The molecule has 0 saturated carbocycles. The Balaban J connectivity index is 0.00000260. The monoisotopic (exact) mass is 569 g/mol. The zero-order valence-corrected chi connectivity index (χ0v) is 21.9. The van der Waals surface area contributed by atoms with Crippen molar-refractivity contribution in [3.63, 3.8) is 0 Å². The van der Waals surface area contributed by atoms with Crippen molar-refractivity contribution in [3.05, 3.63) is 47.0 Å². The van der Waals surface area contributed by atoms with Crippen molar-refractivity contribution >= 4 is 46.8 Å². The van der Waals surface area contributed by atoms with Crippen molar-refractivity contribution in [1.82, 2.24) is 19.5 Å². The molecule has 3 rings (SSSR count). The summed E-state index contributed by atoms with van der Waals surface area (Å²) in [5.41, 5.74) is 4.95. The van der Waals surface area contributed by atoms with E-state index in [0.29, 0.717) is 12.0 Å². The zero-order chi connectivity index (χ0) is 29.2. The first-order valence-electron chi connectivity index (χ1n) is 11.5. The van der Waals surface area contributed by atoms with Gasteiger partial charge < -0.3 is 30.5 Å². The SMILES string of the molecule is CO.COC(COC(C=O)(Cc1ccc(CCC(=O)O)cc1)C(=O)O)CC(F)n1cnc2c(N)nc(Cl)nc21. The number of hydrogen-bond acceptors (Lipinski definition) is 10. The second-order valence-electron chi connectivity index (χ2n) is 8.24. The first kappa shape index (κ1) is 31.5. The van der Waals surface area contributed by atoms with Crippen molar-refractivity contribution in [2.75, 3.05) is 26.6 Å². The van der Waals surface area contributed by atoms with Gasteiger partial charge in [-0.3, -0.25) is 14.2 Å². The highest BCUT2D eigenvalue weighted by Crippen LogP contribution is 2.26.